The molecular formula is C54H60N6O6. The van der Waals surface area contributed by atoms with Crippen LogP contribution >= 0.6 is 0 Å². The van der Waals surface area contributed by atoms with Crippen LogP contribution in [0.15, 0.2) is 97.6 Å². The zero-order chi connectivity index (χ0) is 46.7. The number of nitriles is 2. The molecule has 0 atom stereocenters. The van der Waals surface area contributed by atoms with Crippen molar-refractivity contribution in [3.05, 3.63) is 164 Å². The average molecular weight is 889 g/mol. The topological polar surface area (TPSA) is 175 Å². The molecule has 342 valence electrons. The van der Waals surface area contributed by atoms with Crippen LogP contribution in [-0.2, 0) is 52.4 Å². The predicted molar refractivity (Wildman–Crippen MR) is 255 cm³/mol. The Morgan fingerprint density at radius 3 is 1.32 bits per heavy atom. The van der Waals surface area contributed by atoms with E-state index >= 15 is 0 Å². The molecule has 2 aromatic heterocycles. The molecule has 2 heterocycles. The van der Waals surface area contributed by atoms with Crippen LogP contribution in [0.1, 0.15) is 93.5 Å². The first-order chi connectivity index (χ1) is 32.3. The van der Waals surface area contributed by atoms with E-state index in [9.17, 15) is 20.7 Å². The van der Waals surface area contributed by atoms with Crippen LogP contribution in [0.3, 0.4) is 0 Å². The highest BCUT2D eigenvalue weighted by Gasteiger charge is 2.18. The van der Waals surface area contributed by atoms with Crippen LogP contribution in [0.5, 0.6) is 23.0 Å². The molecule has 0 aliphatic rings. The Labute approximate surface area is 388 Å². The van der Waals surface area contributed by atoms with Crippen molar-refractivity contribution in [2.24, 2.45) is 0 Å². The smallest absolute Gasteiger partial charge is 0.128 e. The van der Waals surface area contributed by atoms with Crippen molar-refractivity contribution in [1.29, 1.82) is 10.5 Å². The number of ether oxygens (including phenoxy) is 4. The van der Waals surface area contributed by atoms with Gasteiger partial charge in [-0.25, -0.2) is 0 Å². The second kappa shape index (κ2) is 25.0. The van der Waals surface area contributed by atoms with E-state index in [1.54, 1.807) is 24.5 Å². The molecule has 0 saturated carbocycles. The minimum absolute atomic E-state index is 0.0283. The molecule has 6 aromatic rings. The Hall–Kier alpha value is -6.80. The number of nitrogens with one attached hydrogen (secondary N) is 2. The van der Waals surface area contributed by atoms with E-state index < -0.39 is 0 Å². The van der Waals surface area contributed by atoms with E-state index in [1.807, 2.05) is 12.1 Å². The highest BCUT2D eigenvalue weighted by Crippen LogP contribution is 2.36. The molecule has 0 saturated heterocycles. The van der Waals surface area contributed by atoms with Crippen molar-refractivity contribution in [3.8, 4) is 46.3 Å². The van der Waals surface area contributed by atoms with Gasteiger partial charge in [-0.2, -0.15) is 10.5 Å². The standard InChI is InChI=1S/C54H60N6O6/c1-5-9-43-21-47(31-57-15-17-61)53(63-33-41-19-39(25-55)27-59-29-41)23-51(43)65-35-45-11-7-13-49(37(45)3)50-14-8-12-46(38(50)4)36-66-52-24-54(64-34-42-20-40(26-56)28-60-30-42)48(32-58-16-18-62)22-44(52)10-6-2/h7-8,11-14,19-24,27-30,57-58,61-62H,5-6,9-10,15-18,31-36H2,1-4H3. The number of aryl methyl sites for hydroxylation is 2. The van der Waals surface area contributed by atoms with Gasteiger partial charge in [0.2, 0.25) is 0 Å². The van der Waals surface area contributed by atoms with Gasteiger partial charge >= 0.3 is 0 Å². The third kappa shape index (κ3) is 13.2. The molecule has 0 bridgehead atoms. The van der Waals surface area contributed by atoms with Gasteiger partial charge in [-0.3, -0.25) is 9.97 Å². The van der Waals surface area contributed by atoms with Gasteiger partial charge in [-0.15, -0.1) is 0 Å². The summed E-state index contributed by atoms with van der Waals surface area (Å²) in [5, 5.41) is 44.2. The van der Waals surface area contributed by atoms with E-state index in [2.05, 4.69) is 109 Å². The summed E-state index contributed by atoms with van der Waals surface area (Å²) >= 11 is 0. The van der Waals surface area contributed by atoms with E-state index in [0.717, 1.165) is 104 Å². The largest absolute Gasteiger partial charge is 0.488 e. The first-order valence-electron chi connectivity index (χ1n) is 22.6. The number of nitrogens with zero attached hydrogens (tertiary/aromatic N) is 4. The van der Waals surface area contributed by atoms with Crippen LogP contribution < -0.4 is 29.6 Å². The third-order valence-electron chi connectivity index (χ3n) is 11.3. The maximum absolute atomic E-state index is 9.44. The van der Waals surface area contributed by atoms with Gasteiger partial charge in [0, 0.05) is 85.4 Å². The second-order valence-corrected chi connectivity index (χ2v) is 16.2. The Morgan fingerprint density at radius 2 is 0.924 bits per heavy atom. The van der Waals surface area contributed by atoms with Crippen LogP contribution in [-0.4, -0.2) is 46.5 Å². The van der Waals surface area contributed by atoms with Crippen molar-refractivity contribution in [2.45, 2.75) is 92.9 Å². The quantitative estimate of drug-likeness (QED) is 0.0403. The molecule has 4 aromatic carbocycles. The lowest BCUT2D eigenvalue weighted by molar-refractivity contribution is 0.281. The fraction of sp³-hybridized carbons (Fsp3) is 0.333. The first kappa shape index (κ1) is 48.7. The number of aliphatic hydroxyl groups is 2. The molecular weight excluding hydrogens is 829 g/mol. The summed E-state index contributed by atoms with van der Waals surface area (Å²) in [4.78, 5) is 8.38. The predicted octanol–water partition coefficient (Wildman–Crippen LogP) is 8.89. The highest BCUT2D eigenvalue weighted by atomic mass is 16.5. The summed E-state index contributed by atoms with van der Waals surface area (Å²) < 4.78 is 26.1. The Balaban J connectivity index is 1.23. The second-order valence-electron chi connectivity index (χ2n) is 16.2. The van der Waals surface area contributed by atoms with Gasteiger partial charge in [0.1, 0.15) is 61.6 Å². The van der Waals surface area contributed by atoms with Gasteiger partial charge in [0.05, 0.1) is 24.3 Å². The van der Waals surface area contributed by atoms with Gasteiger partial charge in [0.15, 0.2) is 0 Å². The lowest BCUT2D eigenvalue weighted by Gasteiger charge is -2.20. The maximum atomic E-state index is 9.44. The molecule has 12 nitrogen and oxygen atoms in total. The summed E-state index contributed by atoms with van der Waals surface area (Å²) in [6.07, 6.45) is 9.95. The van der Waals surface area contributed by atoms with E-state index in [0.29, 0.717) is 62.0 Å². The third-order valence-corrected chi connectivity index (χ3v) is 11.3. The van der Waals surface area contributed by atoms with Crippen molar-refractivity contribution in [3.63, 3.8) is 0 Å². The molecule has 0 radical (unpaired) electrons. The molecule has 12 heteroatoms. The minimum Gasteiger partial charge on any atom is -0.488 e. The number of pyridine rings is 2. The lowest BCUT2D eigenvalue weighted by atomic mass is 9.91. The monoisotopic (exact) mass is 888 g/mol. The lowest BCUT2D eigenvalue weighted by Crippen LogP contribution is -2.18. The molecule has 0 amide bonds. The number of rotatable bonds is 25. The van der Waals surface area contributed by atoms with Gasteiger partial charge in [0.25, 0.3) is 0 Å². The summed E-state index contributed by atoms with van der Waals surface area (Å²) in [6.45, 7) is 11.7. The van der Waals surface area contributed by atoms with Crippen molar-refractivity contribution >= 4 is 0 Å². The fourth-order valence-electron chi connectivity index (χ4n) is 7.81. The molecule has 0 aliphatic carbocycles. The first-order valence-corrected chi connectivity index (χ1v) is 22.6. The van der Waals surface area contributed by atoms with Crippen LogP contribution in [0.2, 0.25) is 0 Å². The summed E-state index contributed by atoms with van der Waals surface area (Å²) in [5.74, 6) is 2.82. The Morgan fingerprint density at radius 1 is 0.515 bits per heavy atom. The highest BCUT2D eigenvalue weighted by molar-refractivity contribution is 5.72. The molecule has 0 unspecified atom stereocenters. The summed E-state index contributed by atoms with van der Waals surface area (Å²) in [5.41, 5.74) is 13.2. The van der Waals surface area contributed by atoms with Gasteiger partial charge in [-0.1, -0.05) is 63.1 Å². The summed E-state index contributed by atoms with van der Waals surface area (Å²) in [6, 6.07) is 28.7. The molecule has 0 fully saturated rings. The number of benzene rings is 4. The maximum Gasteiger partial charge on any atom is 0.128 e. The summed E-state index contributed by atoms with van der Waals surface area (Å²) in [7, 11) is 0. The normalized spacial score (nSPS) is 10.9. The average Bonchev–Trinajstić information content (AvgIpc) is 3.34. The van der Waals surface area contributed by atoms with Crippen molar-refractivity contribution < 1.29 is 29.2 Å². The zero-order valence-electron chi connectivity index (χ0n) is 38.5. The fourth-order valence-corrected chi connectivity index (χ4v) is 7.81. The minimum atomic E-state index is 0.0283. The number of hydrogen-bond donors (Lipinski definition) is 4. The molecule has 4 N–H and O–H groups in total. The van der Waals surface area contributed by atoms with E-state index in [-0.39, 0.29) is 26.4 Å². The molecule has 6 rings (SSSR count). The van der Waals surface area contributed by atoms with Crippen molar-refractivity contribution in [2.75, 3.05) is 26.3 Å². The zero-order valence-corrected chi connectivity index (χ0v) is 38.5. The number of aromatic nitrogens is 2. The van der Waals surface area contributed by atoms with Crippen molar-refractivity contribution in [1.82, 2.24) is 20.6 Å². The number of hydrogen-bond acceptors (Lipinski definition) is 12. The van der Waals surface area contributed by atoms with E-state index in [1.165, 1.54) is 12.4 Å². The van der Waals surface area contributed by atoms with Gasteiger partial charge in [-0.05, 0) is 95.5 Å². The van der Waals surface area contributed by atoms with Gasteiger partial charge < -0.3 is 39.8 Å². The molecule has 0 spiro atoms. The van der Waals surface area contributed by atoms with Crippen LogP contribution in [0.4, 0.5) is 0 Å². The Bertz CT molecular complexity index is 2460. The van der Waals surface area contributed by atoms with Crippen LogP contribution in [0, 0.1) is 36.5 Å². The molecule has 66 heavy (non-hydrogen) atoms. The SMILES string of the molecule is CCCc1cc(CNCCO)c(OCc2cncc(C#N)c2)cc1OCc1cccc(-c2cccc(COc3cc(OCc4cncc(C#N)c4)c(CNCCO)cc3CCC)c2C)c1C. The molecule has 0 aliphatic heterocycles. The Kier molecular flexibility index (Phi) is 18.5. The number of aliphatic hydroxyl groups excluding tert-OH is 2. The van der Waals surface area contributed by atoms with E-state index in [4.69, 9.17) is 18.9 Å². The van der Waals surface area contributed by atoms with Crippen LogP contribution in [0.25, 0.3) is 11.1 Å².